The Labute approximate surface area is 106 Å². The molecule has 2 N–H and O–H groups in total. The van der Waals surface area contributed by atoms with Gasteiger partial charge < -0.3 is 15.2 Å². The molecule has 0 saturated carbocycles. The molecule has 0 aliphatic carbocycles. The number of hydrogen-bond donors (Lipinski definition) is 2. The maximum atomic E-state index is 13.5. The van der Waals surface area contributed by atoms with Gasteiger partial charge in [-0.3, -0.25) is 0 Å². The number of rotatable bonds is 8. The number of ether oxygens (including phenoxy) is 1. The fourth-order valence-corrected chi connectivity index (χ4v) is 1.48. The van der Waals surface area contributed by atoms with Crippen molar-refractivity contribution in [2.75, 3.05) is 25.1 Å². The van der Waals surface area contributed by atoms with E-state index in [1.165, 1.54) is 18.2 Å². The lowest BCUT2D eigenvalue weighted by Crippen LogP contribution is -2.14. The van der Waals surface area contributed by atoms with Gasteiger partial charge in [-0.2, -0.15) is 0 Å². The van der Waals surface area contributed by atoms with Crippen molar-refractivity contribution in [3.05, 3.63) is 29.6 Å². The minimum Gasteiger partial charge on any atom is -0.478 e. The van der Waals surface area contributed by atoms with Gasteiger partial charge in [-0.15, -0.1) is 0 Å². The molecule has 0 heterocycles. The highest BCUT2D eigenvalue weighted by molar-refractivity contribution is 5.94. The maximum Gasteiger partial charge on any atom is 0.337 e. The molecule has 0 spiro atoms. The summed E-state index contributed by atoms with van der Waals surface area (Å²) in [5.41, 5.74) is -0.0485. The average molecular weight is 255 g/mol. The van der Waals surface area contributed by atoms with Crippen LogP contribution in [0.25, 0.3) is 0 Å². The predicted molar refractivity (Wildman–Crippen MR) is 67.6 cm³/mol. The Balaban J connectivity index is 2.48. The molecular formula is C13H18FNO3. The van der Waals surface area contributed by atoms with Crippen LogP contribution in [0, 0.1) is 5.82 Å². The van der Waals surface area contributed by atoms with Crippen molar-refractivity contribution in [1.29, 1.82) is 0 Å². The summed E-state index contributed by atoms with van der Waals surface area (Å²) in [6.45, 7) is 3.54. The number of anilines is 1. The van der Waals surface area contributed by atoms with Gasteiger partial charge in [0.25, 0.3) is 0 Å². The van der Waals surface area contributed by atoms with Gasteiger partial charge in [-0.1, -0.05) is 19.4 Å². The van der Waals surface area contributed by atoms with Gasteiger partial charge in [-0.05, 0) is 18.6 Å². The lowest BCUT2D eigenvalue weighted by Gasteiger charge is -2.10. The zero-order chi connectivity index (χ0) is 13.4. The number of hydrogen-bond acceptors (Lipinski definition) is 3. The van der Waals surface area contributed by atoms with Gasteiger partial charge in [0.05, 0.1) is 17.9 Å². The molecule has 1 rings (SSSR count). The predicted octanol–water partition coefficient (Wildman–Crippen LogP) is 2.75. The molecule has 0 aliphatic rings. The highest BCUT2D eigenvalue weighted by Crippen LogP contribution is 2.19. The minimum atomic E-state index is -1.15. The maximum absolute atomic E-state index is 13.5. The molecule has 0 unspecified atom stereocenters. The minimum absolute atomic E-state index is 0.0177. The van der Waals surface area contributed by atoms with Gasteiger partial charge >= 0.3 is 5.97 Å². The Kier molecular flexibility index (Phi) is 6.14. The van der Waals surface area contributed by atoms with E-state index in [0.717, 1.165) is 12.8 Å². The fraction of sp³-hybridized carbons (Fsp3) is 0.462. The van der Waals surface area contributed by atoms with Crippen molar-refractivity contribution in [3.8, 4) is 0 Å². The Morgan fingerprint density at radius 3 is 2.89 bits per heavy atom. The summed E-state index contributed by atoms with van der Waals surface area (Å²) >= 11 is 0. The number of carboxylic acids is 1. The van der Waals surface area contributed by atoms with Gasteiger partial charge in [0.15, 0.2) is 0 Å². The van der Waals surface area contributed by atoms with Gasteiger partial charge in [0, 0.05) is 13.2 Å². The normalized spacial score (nSPS) is 10.3. The molecular weight excluding hydrogens is 237 g/mol. The number of carbonyl (C=O) groups is 1. The van der Waals surface area contributed by atoms with E-state index in [-0.39, 0.29) is 11.3 Å². The van der Waals surface area contributed by atoms with E-state index in [2.05, 4.69) is 12.2 Å². The third-order valence-corrected chi connectivity index (χ3v) is 2.43. The van der Waals surface area contributed by atoms with Crippen LogP contribution in [0.4, 0.5) is 10.1 Å². The van der Waals surface area contributed by atoms with E-state index in [1.807, 2.05) is 0 Å². The van der Waals surface area contributed by atoms with Crippen LogP contribution < -0.4 is 5.32 Å². The molecule has 1 aromatic carbocycles. The molecule has 0 aliphatic heterocycles. The van der Waals surface area contributed by atoms with Crippen LogP contribution in [0.15, 0.2) is 18.2 Å². The van der Waals surface area contributed by atoms with Gasteiger partial charge in [0.1, 0.15) is 5.82 Å². The summed E-state index contributed by atoms with van der Waals surface area (Å²) in [4.78, 5) is 10.9. The lowest BCUT2D eigenvalue weighted by atomic mass is 10.1. The zero-order valence-electron chi connectivity index (χ0n) is 10.4. The first-order valence-electron chi connectivity index (χ1n) is 6.00. The number of benzene rings is 1. The molecule has 0 saturated heterocycles. The smallest absolute Gasteiger partial charge is 0.337 e. The average Bonchev–Trinajstić information content (AvgIpc) is 2.34. The largest absolute Gasteiger partial charge is 0.478 e. The van der Waals surface area contributed by atoms with E-state index in [4.69, 9.17) is 9.84 Å². The molecule has 0 bridgehead atoms. The molecule has 0 radical (unpaired) electrons. The molecule has 0 aromatic heterocycles. The summed E-state index contributed by atoms with van der Waals surface area (Å²) in [5, 5.41) is 11.7. The number of aromatic carboxylic acids is 1. The quantitative estimate of drug-likeness (QED) is 0.701. The van der Waals surface area contributed by atoms with Crippen molar-refractivity contribution < 1.29 is 19.0 Å². The second-order valence-electron chi connectivity index (χ2n) is 3.86. The van der Waals surface area contributed by atoms with Crippen LogP contribution in [0.3, 0.4) is 0 Å². The van der Waals surface area contributed by atoms with Crippen LogP contribution in [-0.4, -0.2) is 30.8 Å². The Bertz CT molecular complexity index is 396. The molecule has 18 heavy (non-hydrogen) atoms. The number of carboxylic acid groups (broad SMARTS) is 1. The summed E-state index contributed by atoms with van der Waals surface area (Å²) in [7, 11) is 0. The van der Waals surface area contributed by atoms with Crippen LogP contribution >= 0.6 is 0 Å². The van der Waals surface area contributed by atoms with Crippen LogP contribution in [0.1, 0.15) is 30.1 Å². The van der Waals surface area contributed by atoms with E-state index in [9.17, 15) is 9.18 Å². The first-order chi connectivity index (χ1) is 8.66. The lowest BCUT2D eigenvalue weighted by molar-refractivity contribution is 0.0697. The topological polar surface area (TPSA) is 58.6 Å². The summed E-state index contributed by atoms with van der Waals surface area (Å²) in [6, 6.07) is 3.97. The van der Waals surface area contributed by atoms with Crippen molar-refractivity contribution in [3.63, 3.8) is 0 Å². The summed E-state index contributed by atoms with van der Waals surface area (Å²) < 4.78 is 18.8. The fourth-order valence-electron chi connectivity index (χ4n) is 1.48. The number of nitrogens with one attached hydrogen (secondary N) is 1. The van der Waals surface area contributed by atoms with E-state index in [1.54, 1.807) is 0 Å². The Hall–Kier alpha value is -1.62. The molecule has 0 atom stereocenters. The van der Waals surface area contributed by atoms with Crippen molar-refractivity contribution in [1.82, 2.24) is 0 Å². The Morgan fingerprint density at radius 2 is 2.22 bits per heavy atom. The van der Waals surface area contributed by atoms with Gasteiger partial charge in [-0.25, -0.2) is 9.18 Å². The van der Waals surface area contributed by atoms with Crippen LogP contribution in [-0.2, 0) is 4.74 Å². The van der Waals surface area contributed by atoms with Crippen LogP contribution in [0.2, 0.25) is 0 Å². The highest BCUT2D eigenvalue weighted by Gasteiger charge is 2.13. The van der Waals surface area contributed by atoms with E-state index >= 15 is 0 Å². The third kappa shape index (κ3) is 4.33. The zero-order valence-corrected chi connectivity index (χ0v) is 10.4. The number of halogens is 1. The first kappa shape index (κ1) is 14.4. The molecule has 5 heteroatoms. The molecule has 1 aromatic rings. The Morgan fingerprint density at radius 1 is 1.44 bits per heavy atom. The number of unbranched alkanes of at least 4 members (excludes halogenated alkanes) is 1. The van der Waals surface area contributed by atoms with Crippen molar-refractivity contribution >= 4 is 11.7 Å². The van der Waals surface area contributed by atoms with E-state index < -0.39 is 11.8 Å². The molecule has 100 valence electrons. The second-order valence-corrected chi connectivity index (χ2v) is 3.86. The van der Waals surface area contributed by atoms with Crippen molar-refractivity contribution in [2.24, 2.45) is 0 Å². The van der Waals surface area contributed by atoms with Gasteiger partial charge in [0.2, 0.25) is 0 Å². The monoisotopic (exact) mass is 255 g/mol. The standard InChI is InChI=1S/C13H18FNO3/c1-2-3-8-18-9-7-15-12-10(13(16)17)5-4-6-11(12)14/h4-6,15H,2-3,7-9H2,1H3,(H,16,17). The number of para-hydroxylation sites is 1. The van der Waals surface area contributed by atoms with Crippen LogP contribution in [0.5, 0.6) is 0 Å². The summed E-state index contributed by atoms with van der Waals surface area (Å²) in [5.74, 6) is -1.72. The first-order valence-corrected chi connectivity index (χ1v) is 6.00. The SMILES string of the molecule is CCCCOCCNc1c(F)cccc1C(=O)O. The molecule has 0 fully saturated rings. The van der Waals surface area contributed by atoms with E-state index in [0.29, 0.717) is 19.8 Å². The summed E-state index contributed by atoms with van der Waals surface area (Å²) in [6.07, 6.45) is 2.05. The van der Waals surface area contributed by atoms with Crippen molar-refractivity contribution in [2.45, 2.75) is 19.8 Å². The molecule has 4 nitrogen and oxygen atoms in total. The second kappa shape index (κ2) is 7.66. The third-order valence-electron chi connectivity index (χ3n) is 2.43. The highest BCUT2D eigenvalue weighted by atomic mass is 19.1. The molecule has 0 amide bonds.